The van der Waals surface area contributed by atoms with Crippen LogP contribution in [-0.4, -0.2) is 28.3 Å². The molecule has 0 saturated heterocycles. The minimum absolute atomic E-state index is 0.603. The summed E-state index contributed by atoms with van der Waals surface area (Å²) in [6.45, 7) is 4.99. The summed E-state index contributed by atoms with van der Waals surface area (Å²) in [4.78, 5) is 2.21. The fourth-order valence-electron chi connectivity index (χ4n) is 2.20. The van der Waals surface area contributed by atoms with Crippen LogP contribution in [0.15, 0.2) is 0 Å². The second kappa shape index (κ2) is 3.30. The summed E-state index contributed by atoms with van der Waals surface area (Å²) < 4.78 is 15.8. The van der Waals surface area contributed by atoms with E-state index in [0.717, 1.165) is 25.1 Å². The summed E-state index contributed by atoms with van der Waals surface area (Å²) in [6.07, 6.45) is 0.964. The maximum atomic E-state index is 14.0. The van der Waals surface area contributed by atoms with Crippen LogP contribution in [0.25, 0.3) is 0 Å². The van der Waals surface area contributed by atoms with E-state index in [4.69, 9.17) is 0 Å². The molecule has 0 bridgehead atoms. The lowest BCUT2D eigenvalue weighted by atomic mass is 9.98. The number of likely N-dealkylation sites (N-methyl/N-ethyl adjacent to an activating group) is 1. The standard InChI is InChI=1S/C11H18FN3/c1-11(2,12)10-8-7-14(3)6-5-9(8)15(4)13-10/h5-7H2,1-4H3. The Labute approximate surface area is 89.9 Å². The van der Waals surface area contributed by atoms with Gasteiger partial charge in [-0.3, -0.25) is 4.68 Å². The Hall–Kier alpha value is -0.900. The molecule has 0 spiro atoms. The average molecular weight is 211 g/mol. The number of aromatic nitrogens is 2. The van der Waals surface area contributed by atoms with Gasteiger partial charge in [0.05, 0.1) is 0 Å². The van der Waals surface area contributed by atoms with Gasteiger partial charge in [-0.25, -0.2) is 4.39 Å². The fraction of sp³-hybridized carbons (Fsp3) is 0.727. The lowest BCUT2D eigenvalue weighted by Crippen LogP contribution is -2.28. The Morgan fingerprint density at radius 3 is 2.60 bits per heavy atom. The Morgan fingerprint density at radius 1 is 1.33 bits per heavy atom. The maximum absolute atomic E-state index is 14.0. The van der Waals surface area contributed by atoms with Gasteiger partial charge in [0, 0.05) is 37.8 Å². The zero-order valence-electron chi connectivity index (χ0n) is 9.84. The minimum atomic E-state index is -1.34. The quantitative estimate of drug-likeness (QED) is 0.703. The molecule has 0 fully saturated rings. The second-order valence-corrected chi connectivity index (χ2v) is 4.86. The summed E-state index contributed by atoms with van der Waals surface area (Å²) in [5.41, 5.74) is 1.53. The zero-order chi connectivity index (χ0) is 11.2. The Morgan fingerprint density at radius 2 is 2.00 bits per heavy atom. The number of nitrogens with zero attached hydrogens (tertiary/aromatic N) is 3. The summed E-state index contributed by atoms with van der Waals surface area (Å²) in [5.74, 6) is 0. The largest absolute Gasteiger partial charge is 0.302 e. The van der Waals surface area contributed by atoms with Crippen LogP contribution in [0.2, 0.25) is 0 Å². The van der Waals surface area contributed by atoms with Crippen LogP contribution in [0, 0.1) is 0 Å². The first kappa shape index (κ1) is 10.6. The third-order valence-corrected chi connectivity index (χ3v) is 3.00. The Kier molecular flexibility index (Phi) is 2.34. The van der Waals surface area contributed by atoms with E-state index >= 15 is 0 Å². The van der Waals surface area contributed by atoms with Crippen LogP contribution < -0.4 is 0 Å². The third-order valence-electron chi connectivity index (χ3n) is 3.00. The van der Waals surface area contributed by atoms with Crippen LogP contribution in [0.5, 0.6) is 0 Å². The molecule has 0 radical (unpaired) electrons. The SMILES string of the molecule is CN1CCc2c(c(C(C)(C)F)nn2C)C1. The highest BCUT2D eigenvalue weighted by molar-refractivity contribution is 5.31. The number of alkyl halides is 1. The molecule has 15 heavy (non-hydrogen) atoms. The molecule has 3 nitrogen and oxygen atoms in total. The number of fused-ring (bicyclic) bond motifs is 1. The maximum Gasteiger partial charge on any atom is 0.149 e. The van der Waals surface area contributed by atoms with Crippen LogP contribution in [0.1, 0.15) is 30.8 Å². The number of rotatable bonds is 1. The van der Waals surface area contributed by atoms with E-state index < -0.39 is 5.67 Å². The first-order chi connectivity index (χ1) is 6.89. The first-order valence-corrected chi connectivity index (χ1v) is 5.32. The molecule has 0 saturated carbocycles. The van der Waals surface area contributed by atoms with E-state index in [-0.39, 0.29) is 0 Å². The molecule has 0 aromatic carbocycles. The molecule has 84 valence electrons. The van der Waals surface area contributed by atoms with Gasteiger partial charge in [-0.2, -0.15) is 5.10 Å². The molecule has 4 heteroatoms. The highest BCUT2D eigenvalue weighted by Crippen LogP contribution is 2.31. The first-order valence-electron chi connectivity index (χ1n) is 5.32. The van der Waals surface area contributed by atoms with Crippen molar-refractivity contribution in [3.63, 3.8) is 0 Å². The second-order valence-electron chi connectivity index (χ2n) is 4.86. The van der Waals surface area contributed by atoms with E-state index in [1.165, 1.54) is 5.69 Å². The highest BCUT2D eigenvalue weighted by Gasteiger charge is 2.31. The van der Waals surface area contributed by atoms with Crippen molar-refractivity contribution in [2.24, 2.45) is 7.05 Å². The molecule has 1 aliphatic rings. The normalized spacial score (nSPS) is 17.9. The molecule has 1 aliphatic heterocycles. The van der Waals surface area contributed by atoms with E-state index in [0.29, 0.717) is 5.69 Å². The number of aryl methyl sites for hydroxylation is 1. The Bertz CT molecular complexity index is 376. The molecule has 1 aromatic heterocycles. The molecule has 0 aliphatic carbocycles. The minimum Gasteiger partial charge on any atom is -0.302 e. The molecule has 0 atom stereocenters. The molecular weight excluding hydrogens is 193 g/mol. The molecule has 2 rings (SSSR count). The summed E-state index contributed by atoms with van der Waals surface area (Å²) >= 11 is 0. The van der Waals surface area contributed by atoms with Gasteiger partial charge in [0.2, 0.25) is 0 Å². The van der Waals surface area contributed by atoms with Crippen molar-refractivity contribution < 1.29 is 4.39 Å². The van der Waals surface area contributed by atoms with Gasteiger partial charge in [-0.15, -0.1) is 0 Å². The van der Waals surface area contributed by atoms with Crippen molar-refractivity contribution in [2.45, 2.75) is 32.5 Å². The van der Waals surface area contributed by atoms with Gasteiger partial charge in [0.15, 0.2) is 0 Å². The van der Waals surface area contributed by atoms with Crippen LogP contribution in [-0.2, 0) is 25.7 Å². The molecule has 0 unspecified atom stereocenters. The molecule has 2 heterocycles. The molecular formula is C11H18FN3. The molecule has 1 aromatic rings. The predicted octanol–water partition coefficient (Wildman–Crippen LogP) is 1.61. The summed E-state index contributed by atoms with van der Waals surface area (Å²) in [7, 11) is 3.96. The molecule has 0 N–H and O–H groups in total. The van der Waals surface area contributed by atoms with Crippen molar-refractivity contribution in [1.29, 1.82) is 0 Å². The van der Waals surface area contributed by atoms with Crippen molar-refractivity contribution in [1.82, 2.24) is 14.7 Å². The van der Waals surface area contributed by atoms with Gasteiger partial charge in [0.25, 0.3) is 0 Å². The number of hydrogen-bond acceptors (Lipinski definition) is 2. The third kappa shape index (κ3) is 1.78. The lowest BCUT2D eigenvalue weighted by molar-refractivity contribution is 0.208. The van der Waals surface area contributed by atoms with Crippen LogP contribution in [0.4, 0.5) is 4.39 Å². The topological polar surface area (TPSA) is 21.1 Å². The number of hydrogen-bond donors (Lipinski definition) is 0. The fourth-order valence-corrected chi connectivity index (χ4v) is 2.20. The van der Waals surface area contributed by atoms with Crippen LogP contribution >= 0.6 is 0 Å². The zero-order valence-corrected chi connectivity index (χ0v) is 9.84. The van der Waals surface area contributed by atoms with Gasteiger partial charge in [-0.05, 0) is 20.9 Å². The summed E-state index contributed by atoms with van der Waals surface area (Å²) in [6, 6.07) is 0. The van der Waals surface area contributed by atoms with Crippen molar-refractivity contribution >= 4 is 0 Å². The van der Waals surface area contributed by atoms with E-state index in [1.54, 1.807) is 13.8 Å². The van der Waals surface area contributed by atoms with Crippen molar-refractivity contribution in [2.75, 3.05) is 13.6 Å². The van der Waals surface area contributed by atoms with Gasteiger partial charge in [-0.1, -0.05) is 0 Å². The van der Waals surface area contributed by atoms with E-state index in [1.807, 2.05) is 11.7 Å². The average Bonchev–Trinajstić information content (AvgIpc) is 2.42. The predicted molar refractivity (Wildman–Crippen MR) is 57.4 cm³/mol. The van der Waals surface area contributed by atoms with Crippen LogP contribution in [0.3, 0.4) is 0 Å². The van der Waals surface area contributed by atoms with Gasteiger partial charge >= 0.3 is 0 Å². The van der Waals surface area contributed by atoms with Gasteiger partial charge < -0.3 is 4.90 Å². The monoisotopic (exact) mass is 211 g/mol. The van der Waals surface area contributed by atoms with E-state index in [2.05, 4.69) is 17.0 Å². The summed E-state index contributed by atoms with van der Waals surface area (Å²) in [5, 5.41) is 4.31. The molecule has 0 amide bonds. The van der Waals surface area contributed by atoms with Gasteiger partial charge in [0.1, 0.15) is 11.4 Å². The Balaban J connectivity index is 2.50. The smallest absolute Gasteiger partial charge is 0.149 e. The number of halogens is 1. The lowest BCUT2D eigenvalue weighted by Gasteiger charge is -2.24. The van der Waals surface area contributed by atoms with Crippen molar-refractivity contribution in [3.05, 3.63) is 17.0 Å². The van der Waals surface area contributed by atoms with E-state index in [9.17, 15) is 4.39 Å². The van der Waals surface area contributed by atoms with Crippen molar-refractivity contribution in [3.8, 4) is 0 Å². The highest BCUT2D eigenvalue weighted by atomic mass is 19.1.